The third kappa shape index (κ3) is 8.53. The Kier molecular flexibility index (Phi) is 10.3. The summed E-state index contributed by atoms with van der Waals surface area (Å²) < 4.78 is 5.28. The highest BCUT2D eigenvalue weighted by Gasteiger charge is 2.34. The number of carbonyl (C=O) groups excluding carboxylic acids is 4. The summed E-state index contributed by atoms with van der Waals surface area (Å²) in [5.74, 6) is 0.687. The number of carbonyl (C=O) groups is 4. The molecule has 38 heavy (non-hydrogen) atoms. The Hall–Kier alpha value is -4.03. The number of alkyl carbamates (subject to hydrolysis) is 1. The van der Waals surface area contributed by atoms with Crippen molar-refractivity contribution in [1.82, 2.24) is 10.2 Å². The van der Waals surface area contributed by atoms with E-state index in [2.05, 4.69) is 16.6 Å². The van der Waals surface area contributed by atoms with Crippen LogP contribution in [0.3, 0.4) is 0 Å². The number of hydrogen-bond donors (Lipinski definition) is 3. The van der Waals surface area contributed by atoms with Gasteiger partial charge in [0.05, 0.1) is 10.7 Å². The highest BCUT2D eigenvalue weighted by Crippen LogP contribution is 2.29. The van der Waals surface area contributed by atoms with Crippen LogP contribution in [0, 0.1) is 19.3 Å². The molecule has 2 aromatic carbocycles. The first-order valence-corrected chi connectivity index (χ1v) is 12.3. The molecule has 0 saturated carbocycles. The van der Waals surface area contributed by atoms with Gasteiger partial charge in [0.1, 0.15) is 17.7 Å². The summed E-state index contributed by atoms with van der Waals surface area (Å²) in [5.41, 5.74) is 6.66. The molecule has 4 amide bonds. The van der Waals surface area contributed by atoms with Crippen LogP contribution in [-0.4, -0.2) is 47.4 Å². The van der Waals surface area contributed by atoms with E-state index < -0.39 is 41.5 Å². The van der Waals surface area contributed by atoms with Crippen molar-refractivity contribution < 1.29 is 23.9 Å². The molecular formula is C28H33ClN4O5. The van der Waals surface area contributed by atoms with Crippen LogP contribution in [0.4, 0.5) is 10.5 Å². The average molecular weight is 541 g/mol. The number of anilines is 1. The van der Waals surface area contributed by atoms with Crippen LogP contribution in [0.2, 0.25) is 5.02 Å². The van der Waals surface area contributed by atoms with Crippen molar-refractivity contribution >= 4 is 41.1 Å². The molecular weight excluding hydrogens is 508 g/mol. The van der Waals surface area contributed by atoms with E-state index in [1.807, 2.05) is 0 Å². The van der Waals surface area contributed by atoms with Crippen LogP contribution in [0.1, 0.15) is 56.3 Å². The average Bonchev–Trinajstić information content (AvgIpc) is 2.83. The number of primary amides is 1. The van der Waals surface area contributed by atoms with Crippen molar-refractivity contribution in [3.8, 4) is 12.3 Å². The molecule has 4 N–H and O–H groups in total. The van der Waals surface area contributed by atoms with E-state index in [1.54, 1.807) is 70.2 Å². The molecule has 0 radical (unpaired) electrons. The second-order valence-corrected chi connectivity index (χ2v) is 10.2. The zero-order valence-corrected chi connectivity index (χ0v) is 22.9. The van der Waals surface area contributed by atoms with Gasteiger partial charge in [-0.1, -0.05) is 41.8 Å². The summed E-state index contributed by atoms with van der Waals surface area (Å²) in [6.45, 7) is 6.82. The Morgan fingerprint density at radius 1 is 1.13 bits per heavy atom. The highest BCUT2D eigenvalue weighted by atomic mass is 35.5. The second kappa shape index (κ2) is 13.0. The van der Waals surface area contributed by atoms with Crippen LogP contribution >= 0.6 is 11.6 Å². The van der Waals surface area contributed by atoms with Gasteiger partial charge in [-0.15, -0.1) is 6.42 Å². The lowest BCUT2D eigenvalue weighted by atomic mass is 10.0. The van der Waals surface area contributed by atoms with Crippen LogP contribution in [0.5, 0.6) is 0 Å². The van der Waals surface area contributed by atoms with Crippen LogP contribution in [-0.2, 0) is 19.1 Å². The molecule has 2 rings (SSSR count). The summed E-state index contributed by atoms with van der Waals surface area (Å²) in [6, 6.07) is 9.44. The number of nitrogens with zero attached hydrogens (tertiary/aromatic N) is 1. The minimum Gasteiger partial charge on any atom is -0.444 e. The van der Waals surface area contributed by atoms with E-state index in [4.69, 9.17) is 28.5 Å². The Bertz CT molecular complexity index is 1210. The molecule has 2 aromatic rings. The van der Waals surface area contributed by atoms with Gasteiger partial charge in [-0.2, -0.15) is 0 Å². The van der Waals surface area contributed by atoms with Gasteiger partial charge in [-0.3, -0.25) is 14.4 Å². The van der Waals surface area contributed by atoms with Gasteiger partial charge in [0.2, 0.25) is 11.8 Å². The summed E-state index contributed by atoms with van der Waals surface area (Å²) in [6.07, 6.45) is 4.36. The number of para-hydroxylation sites is 1. The quantitative estimate of drug-likeness (QED) is 0.415. The molecule has 0 saturated heterocycles. The maximum Gasteiger partial charge on any atom is 0.408 e. The predicted molar refractivity (Wildman–Crippen MR) is 146 cm³/mol. The molecule has 2 atom stereocenters. The van der Waals surface area contributed by atoms with Crippen molar-refractivity contribution in [3.05, 3.63) is 64.2 Å². The van der Waals surface area contributed by atoms with Gasteiger partial charge < -0.3 is 26.0 Å². The molecule has 0 spiro atoms. The number of likely N-dealkylation sites (N-methyl/N-ethyl adjacent to an activating group) is 1. The summed E-state index contributed by atoms with van der Waals surface area (Å²) in [7, 11) is 1.43. The third-order valence-electron chi connectivity index (χ3n) is 5.51. The van der Waals surface area contributed by atoms with Crippen LogP contribution in [0.25, 0.3) is 0 Å². The van der Waals surface area contributed by atoms with E-state index in [1.165, 1.54) is 11.9 Å². The van der Waals surface area contributed by atoms with E-state index in [0.717, 1.165) is 5.56 Å². The molecule has 0 fully saturated rings. The monoisotopic (exact) mass is 540 g/mol. The Labute approximate surface area is 228 Å². The summed E-state index contributed by atoms with van der Waals surface area (Å²) in [4.78, 5) is 52.4. The number of terminal acetylenes is 1. The minimum absolute atomic E-state index is 0.0915. The molecule has 0 heterocycles. The highest BCUT2D eigenvalue weighted by molar-refractivity contribution is 6.34. The molecule has 2 unspecified atom stereocenters. The van der Waals surface area contributed by atoms with Crippen molar-refractivity contribution in [2.45, 2.75) is 58.2 Å². The number of rotatable bonds is 9. The van der Waals surface area contributed by atoms with Gasteiger partial charge >= 0.3 is 6.09 Å². The summed E-state index contributed by atoms with van der Waals surface area (Å²) >= 11 is 6.31. The van der Waals surface area contributed by atoms with E-state index in [0.29, 0.717) is 21.8 Å². The molecule has 0 aromatic heterocycles. The van der Waals surface area contributed by atoms with Crippen molar-refractivity contribution in [2.75, 3.05) is 12.4 Å². The predicted octanol–water partition coefficient (Wildman–Crippen LogP) is 3.93. The molecule has 9 nitrogen and oxygen atoms in total. The maximum atomic E-state index is 13.7. The lowest BCUT2D eigenvalue weighted by Gasteiger charge is -2.32. The number of aryl methyl sites for hydroxylation is 1. The number of nitrogens with one attached hydrogen (secondary N) is 2. The fraction of sp³-hybridized carbons (Fsp3) is 0.357. The minimum atomic E-state index is -1.19. The van der Waals surface area contributed by atoms with Gasteiger partial charge in [0.25, 0.3) is 5.91 Å². The number of amides is 4. The smallest absolute Gasteiger partial charge is 0.408 e. The maximum absolute atomic E-state index is 13.7. The topological polar surface area (TPSA) is 131 Å². The van der Waals surface area contributed by atoms with Gasteiger partial charge in [0.15, 0.2) is 0 Å². The largest absolute Gasteiger partial charge is 0.444 e. The van der Waals surface area contributed by atoms with Crippen LogP contribution < -0.4 is 16.4 Å². The fourth-order valence-electron chi connectivity index (χ4n) is 3.66. The first-order chi connectivity index (χ1) is 17.7. The molecule has 202 valence electrons. The fourth-order valence-corrected chi connectivity index (χ4v) is 3.93. The van der Waals surface area contributed by atoms with E-state index >= 15 is 0 Å². The molecule has 0 aliphatic rings. The number of benzene rings is 2. The zero-order chi connectivity index (χ0) is 28.6. The van der Waals surface area contributed by atoms with E-state index in [-0.39, 0.29) is 12.8 Å². The lowest BCUT2D eigenvalue weighted by Crippen LogP contribution is -2.51. The number of nitrogens with two attached hydrogens (primary N) is 1. The van der Waals surface area contributed by atoms with Crippen molar-refractivity contribution in [3.63, 3.8) is 0 Å². The van der Waals surface area contributed by atoms with E-state index in [9.17, 15) is 19.2 Å². The number of ether oxygens (including phenoxy) is 1. The Morgan fingerprint density at radius 3 is 2.29 bits per heavy atom. The Morgan fingerprint density at radius 2 is 1.76 bits per heavy atom. The zero-order valence-electron chi connectivity index (χ0n) is 22.1. The summed E-state index contributed by atoms with van der Waals surface area (Å²) in [5, 5.41) is 5.65. The van der Waals surface area contributed by atoms with Gasteiger partial charge in [-0.25, -0.2) is 4.79 Å². The normalized spacial score (nSPS) is 12.4. The lowest BCUT2D eigenvalue weighted by molar-refractivity contribution is -0.139. The Balaban J connectivity index is 2.45. The van der Waals surface area contributed by atoms with Crippen molar-refractivity contribution in [2.24, 2.45) is 5.73 Å². The molecule has 0 bridgehead atoms. The molecule has 0 aliphatic heterocycles. The second-order valence-electron chi connectivity index (χ2n) is 9.74. The van der Waals surface area contributed by atoms with Crippen LogP contribution in [0.15, 0.2) is 42.5 Å². The number of halogens is 1. The SMILES string of the molecule is C#Cc1ccc(C(C(=O)Nc2c(C)cccc2Cl)N(C)C(=O)C(CCC(N)=O)NC(=O)OC(C)(C)C)cc1. The third-order valence-corrected chi connectivity index (χ3v) is 5.83. The first-order valence-electron chi connectivity index (χ1n) is 11.9. The standard InChI is InChI=1S/C28H33ClN4O5/c1-7-18-11-13-19(14-12-18)24(25(35)32-23-17(2)9-8-10-20(23)29)33(6)26(36)21(15-16-22(30)34)31-27(37)38-28(3,4)5/h1,8-14,21,24H,15-16H2,2-6H3,(H2,30,34)(H,31,37)(H,32,35). The van der Waals surface area contributed by atoms with Gasteiger partial charge in [0, 0.05) is 19.0 Å². The van der Waals surface area contributed by atoms with Crippen molar-refractivity contribution in [1.29, 1.82) is 0 Å². The number of hydrogen-bond acceptors (Lipinski definition) is 5. The van der Waals surface area contributed by atoms with Gasteiger partial charge in [-0.05, 0) is 63.4 Å². The molecule has 0 aliphatic carbocycles. The molecule has 10 heteroatoms. The first kappa shape index (κ1) is 30.2.